The zero-order valence-corrected chi connectivity index (χ0v) is 11.1. The first kappa shape index (κ1) is 12.9. The molecule has 0 fully saturated rings. The van der Waals surface area contributed by atoms with Crippen molar-refractivity contribution in [2.75, 3.05) is 5.73 Å². The van der Waals surface area contributed by atoms with Crippen molar-refractivity contribution in [3.8, 4) is 0 Å². The summed E-state index contributed by atoms with van der Waals surface area (Å²) in [5.74, 6) is -0.771. The number of fused-ring (bicyclic) bond motifs is 1. The second kappa shape index (κ2) is 5.13. The summed E-state index contributed by atoms with van der Waals surface area (Å²) in [5, 5.41) is 0. The lowest BCUT2D eigenvalue weighted by molar-refractivity contribution is 0.506. The van der Waals surface area contributed by atoms with Crippen LogP contribution in [-0.4, -0.2) is 4.98 Å². The van der Waals surface area contributed by atoms with Crippen LogP contribution in [0.1, 0.15) is 5.89 Å². The van der Waals surface area contributed by atoms with Gasteiger partial charge in [0.05, 0.1) is 5.75 Å². The van der Waals surface area contributed by atoms with Crippen molar-refractivity contribution in [2.45, 2.75) is 10.6 Å². The van der Waals surface area contributed by atoms with Crippen LogP contribution in [0.15, 0.2) is 45.7 Å². The Morgan fingerprint density at radius 3 is 2.75 bits per heavy atom. The molecule has 0 aliphatic heterocycles. The van der Waals surface area contributed by atoms with Crippen molar-refractivity contribution >= 4 is 28.5 Å². The Morgan fingerprint density at radius 2 is 1.95 bits per heavy atom. The third kappa shape index (κ3) is 2.60. The van der Waals surface area contributed by atoms with E-state index in [2.05, 4.69) is 4.98 Å². The molecule has 3 nitrogen and oxygen atoms in total. The number of thioether (sulfide) groups is 1. The molecule has 0 unspecified atom stereocenters. The van der Waals surface area contributed by atoms with Crippen LogP contribution < -0.4 is 5.73 Å². The van der Waals surface area contributed by atoms with Gasteiger partial charge in [-0.15, -0.1) is 11.8 Å². The molecule has 0 saturated heterocycles. The van der Waals surface area contributed by atoms with E-state index in [0.717, 1.165) is 17.6 Å². The van der Waals surface area contributed by atoms with Gasteiger partial charge in [-0.1, -0.05) is 0 Å². The Labute approximate surface area is 117 Å². The predicted octanol–water partition coefficient (Wildman–Crippen LogP) is 3.98. The van der Waals surface area contributed by atoms with Gasteiger partial charge in [-0.3, -0.25) is 0 Å². The number of aromatic nitrogens is 1. The topological polar surface area (TPSA) is 52.0 Å². The highest BCUT2D eigenvalue weighted by atomic mass is 32.2. The lowest BCUT2D eigenvalue weighted by Crippen LogP contribution is -1.85. The van der Waals surface area contributed by atoms with Gasteiger partial charge in [0.2, 0.25) is 5.89 Å². The second-order valence-corrected chi connectivity index (χ2v) is 5.25. The number of nitrogens with zero attached hydrogens (tertiary/aromatic N) is 1. The van der Waals surface area contributed by atoms with Gasteiger partial charge in [0.25, 0.3) is 0 Å². The fraction of sp³-hybridized carbons (Fsp3) is 0.0714. The van der Waals surface area contributed by atoms with Gasteiger partial charge in [0, 0.05) is 16.6 Å². The molecule has 0 aliphatic rings. The number of oxazole rings is 1. The second-order valence-electron chi connectivity index (χ2n) is 4.20. The maximum absolute atomic E-state index is 13.1. The van der Waals surface area contributed by atoms with Gasteiger partial charge in [-0.05, 0) is 30.3 Å². The smallest absolute Gasteiger partial charge is 0.205 e. The van der Waals surface area contributed by atoms with Gasteiger partial charge >= 0.3 is 0 Å². The molecule has 2 aromatic carbocycles. The molecule has 3 aromatic rings. The lowest BCUT2D eigenvalue weighted by Gasteiger charge is -1.99. The minimum absolute atomic E-state index is 0.430. The first-order valence-electron chi connectivity index (χ1n) is 5.84. The van der Waals surface area contributed by atoms with E-state index in [-0.39, 0.29) is 0 Å². The van der Waals surface area contributed by atoms with Crippen LogP contribution >= 0.6 is 11.8 Å². The molecule has 0 spiro atoms. The van der Waals surface area contributed by atoms with E-state index in [1.54, 1.807) is 18.2 Å². The van der Waals surface area contributed by atoms with E-state index in [0.29, 0.717) is 27.8 Å². The SMILES string of the molecule is Nc1ccc2nc(CSc3ccc(F)c(F)c3)oc2c1. The maximum Gasteiger partial charge on any atom is 0.205 e. The molecule has 1 heterocycles. The Kier molecular flexibility index (Phi) is 3.31. The molecule has 0 radical (unpaired) electrons. The Balaban J connectivity index is 1.77. The number of rotatable bonds is 3. The zero-order valence-electron chi connectivity index (χ0n) is 10.3. The van der Waals surface area contributed by atoms with Crippen LogP contribution in [0.5, 0.6) is 0 Å². The summed E-state index contributed by atoms with van der Waals surface area (Å²) in [7, 11) is 0. The lowest BCUT2D eigenvalue weighted by atomic mass is 10.3. The number of anilines is 1. The molecule has 0 aliphatic carbocycles. The molecular formula is C14H10F2N2OS. The number of nitrogens with two attached hydrogens (primary N) is 1. The molecule has 0 bridgehead atoms. The van der Waals surface area contributed by atoms with Gasteiger partial charge in [0.1, 0.15) is 5.52 Å². The predicted molar refractivity (Wildman–Crippen MR) is 74.3 cm³/mol. The largest absolute Gasteiger partial charge is 0.440 e. The van der Waals surface area contributed by atoms with Gasteiger partial charge in [-0.25, -0.2) is 13.8 Å². The third-order valence-electron chi connectivity index (χ3n) is 2.71. The van der Waals surface area contributed by atoms with Crippen LogP contribution in [0.3, 0.4) is 0 Å². The summed E-state index contributed by atoms with van der Waals surface area (Å²) in [6, 6.07) is 9.00. The average Bonchev–Trinajstić information content (AvgIpc) is 2.82. The van der Waals surface area contributed by atoms with Crippen molar-refractivity contribution in [3.05, 3.63) is 53.9 Å². The van der Waals surface area contributed by atoms with Crippen LogP contribution in [0.2, 0.25) is 0 Å². The molecule has 2 N–H and O–H groups in total. The van der Waals surface area contributed by atoms with Crippen molar-refractivity contribution in [1.82, 2.24) is 4.98 Å². The van der Waals surface area contributed by atoms with Gasteiger partial charge in [-0.2, -0.15) is 0 Å². The fourth-order valence-electron chi connectivity index (χ4n) is 1.76. The van der Waals surface area contributed by atoms with Crippen molar-refractivity contribution in [3.63, 3.8) is 0 Å². The minimum Gasteiger partial charge on any atom is -0.440 e. The molecule has 102 valence electrons. The first-order chi connectivity index (χ1) is 9.61. The van der Waals surface area contributed by atoms with E-state index >= 15 is 0 Å². The summed E-state index contributed by atoms with van der Waals surface area (Å²) in [5.41, 5.74) is 7.60. The van der Waals surface area contributed by atoms with Crippen molar-refractivity contribution < 1.29 is 13.2 Å². The normalized spacial score (nSPS) is 11.1. The Morgan fingerprint density at radius 1 is 1.10 bits per heavy atom. The number of hydrogen-bond acceptors (Lipinski definition) is 4. The highest BCUT2D eigenvalue weighted by Crippen LogP contribution is 2.26. The molecule has 6 heteroatoms. The third-order valence-corrected chi connectivity index (χ3v) is 3.69. The molecule has 3 rings (SSSR count). The summed E-state index contributed by atoms with van der Waals surface area (Å²) >= 11 is 1.32. The quantitative estimate of drug-likeness (QED) is 0.586. The molecule has 0 atom stereocenters. The number of nitrogen functional groups attached to an aromatic ring is 1. The minimum atomic E-state index is -0.861. The maximum atomic E-state index is 13.1. The van der Waals surface area contributed by atoms with E-state index in [1.807, 2.05) is 0 Å². The first-order valence-corrected chi connectivity index (χ1v) is 6.83. The van der Waals surface area contributed by atoms with E-state index in [1.165, 1.54) is 17.8 Å². The van der Waals surface area contributed by atoms with Crippen molar-refractivity contribution in [1.29, 1.82) is 0 Å². The highest BCUT2D eigenvalue weighted by Gasteiger charge is 2.08. The average molecular weight is 292 g/mol. The van der Waals surface area contributed by atoms with Crippen LogP contribution in [0.25, 0.3) is 11.1 Å². The standard InChI is InChI=1S/C14H10F2N2OS/c15-10-3-2-9(6-11(10)16)20-7-14-18-12-4-1-8(17)5-13(12)19-14/h1-6H,7,17H2. The molecule has 0 amide bonds. The van der Waals surface area contributed by atoms with E-state index in [4.69, 9.17) is 10.2 Å². The summed E-state index contributed by atoms with van der Waals surface area (Å²) < 4.78 is 31.4. The molecule has 1 aromatic heterocycles. The van der Waals surface area contributed by atoms with E-state index < -0.39 is 11.6 Å². The molecule has 0 saturated carbocycles. The van der Waals surface area contributed by atoms with Crippen LogP contribution in [0.4, 0.5) is 14.5 Å². The fourth-order valence-corrected chi connectivity index (χ4v) is 2.53. The van der Waals surface area contributed by atoms with Gasteiger partial charge < -0.3 is 10.2 Å². The molecular weight excluding hydrogens is 282 g/mol. The molecule has 20 heavy (non-hydrogen) atoms. The summed E-state index contributed by atoms with van der Waals surface area (Å²) in [4.78, 5) is 4.91. The number of benzene rings is 2. The Hall–Kier alpha value is -2.08. The highest BCUT2D eigenvalue weighted by molar-refractivity contribution is 7.98. The van der Waals surface area contributed by atoms with Crippen LogP contribution in [-0.2, 0) is 5.75 Å². The Bertz CT molecular complexity index is 773. The monoisotopic (exact) mass is 292 g/mol. The van der Waals surface area contributed by atoms with Gasteiger partial charge in [0.15, 0.2) is 17.2 Å². The zero-order chi connectivity index (χ0) is 14.1. The van der Waals surface area contributed by atoms with E-state index in [9.17, 15) is 8.78 Å². The van der Waals surface area contributed by atoms with Crippen molar-refractivity contribution in [2.24, 2.45) is 0 Å². The van der Waals surface area contributed by atoms with Crippen LogP contribution in [0, 0.1) is 11.6 Å². The summed E-state index contributed by atoms with van der Waals surface area (Å²) in [6.07, 6.45) is 0. The summed E-state index contributed by atoms with van der Waals surface area (Å²) in [6.45, 7) is 0. The number of hydrogen-bond donors (Lipinski definition) is 1. The number of halogens is 2.